The minimum absolute atomic E-state index is 0.0592. The van der Waals surface area contributed by atoms with Gasteiger partial charge in [-0.05, 0) is 12.1 Å². The van der Waals surface area contributed by atoms with Crippen molar-refractivity contribution in [3.8, 4) is 0 Å². The molecule has 2 amide bonds. The molecule has 2 heterocycles. The van der Waals surface area contributed by atoms with Gasteiger partial charge in [0.05, 0.1) is 32.0 Å². The van der Waals surface area contributed by atoms with Crippen molar-refractivity contribution in [2.75, 3.05) is 0 Å². The molecule has 2 aromatic heterocycles. The van der Waals surface area contributed by atoms with Crippen LogP contribution < -0.4 is 10.9 Å². The lowest BCUT2D eigenvalue weighted by molar-refractivity contribution is -0.380. The van der Waals surface area contributed by atoms with E-state index in [0.717, 1.165) is 22.7 Å². The van der Waals surface area contributed by atoms with Crippen LogP contribution >= 0.6 is 22.7 Å². The number of hydrogen-bond acceptors (Lipinski definition) is 10. The maximum Gasteiger partial charge on any atom is 0.324 e. The Hall–Kier alpha value is -3.52. The van der Waals surface area contributed by atoms with E-state index in [1.54, 1.807) is 0 Å². The maximum atomic E-state index is 11.6. The van der Waals surface area contributed by atoms with E-state index in [4.69, 9.17) is 0 Å². The van der Waals surface area contributed by atoms with Gasteiger partial charge >= 0.3 is 10.0 Å². The number of thiophene rings is 2. The van der Waals surface area contributed by atoms with E-state index in [9.17, 15) is 29.8 Å². The minimum Gasteiger partial charge on any atom is -0.273 e. The Morgan fingerprint density at radius 2 is 1.30 bits per heavy atom. The molecule has 0 saturated carbocycles. The molecule has 0 bridgehead atoms. The quantitative estimate of drug-likeness (QED) is 0.290. The standard InChI is InChI=1S/C13H10N6O6S2/c20-10(16-14-6-8-1-3-12(26-8)18(22)23)5-11(21)17-15-7-9-2-4-13(27-9)19(24)25/h1-4,6-7H,5H2,(H,16,20)(H,17,21)/b14-6+,15-7+. The molecule has 0 aliphatic carbocycles. The first-order valence-electron chi connectivity index (χ1n) is 6.97. The van der Waals surface area contributed by atoms with Crippen molar-refractivity contribution >= 4 is 56.9 Å². The van der Waals surface area contributed by atoms with E-state index < -0.39 is 28.1 Å². The first kappa shape index (κ1) is 19.8. The molecule has 0 aliphatic rings. The first-order chi connectivity index (χ1) is 12.8. The van der Waals surface area contributed by atoms with E-state index in [-0.39, 0.29) is 10.0 Å². The molecule has 0 spiro atoms. The fourth-order valence-electron chi connectivity index (χ4n) is 1.58. The fraction of sp³-hybridized carbons (Fsp3) is 0.0769. The number of carbonyl (C=O) groups excluding carboxylic acids is 2. The van der Waals surface area contributed by atoms with Crippen LogP contribution in [0.15, 0.2) is 34.5 Å². The molecule has 140 valence electrons. The summed E-state index contributed by atoms with van der Waals surface area (Å²) in [7, 11) is 0. The monoisotopic (exact) mass is 410 g/mol. The average Bonchev–Trinajstić information content (AvgIpc) is 3.24. The summed E-state index contributed by atoms with van der Waals surface area (Å²) in [6.45, 7) is 0. The van der Waals surface area contributed by atoms with Crippen LogP contribution in [0.2, 0.25) is 0 Å². The van der Waals surface area contributed by atoms with E-state index in [2.05, 4.69) is 21.1 Å². The van der Waals surface area contributed by atoms with Crippen LogP contribution in [0, 0.1) is 20.2 Å². The second-order valence-electron chi connectivity index (χ2n) is 4.63. The highest BCUT2D eigenvalue weighted by atomic mass is 32.1. The summed E-state index contributed by atoms with van der Waals surface area (Å²) in [5.41, 5.74) is 4.21. The third-order valence-electron chi connectivity index (χ3n) is 2.67. The average molecular weight is 410 g/mol. The van der Waals surface area contributed by atoms with Gasteiger partial charge in [-0.3, -0.25) is 29.8 Å². The van der Waals surface area contributed by atoms with Gasteiger partial charge in [0.25, 0.3) is 0 Å². The topological polar surface area (TPSA) is 169 Å². The van der Waals surface area contributed by atoms with Crippen molar-refractivity contribution in [1.29, 1.82) is 0 Å². The fourth-order valence-corrected chi connectivity index (χ4v) is 2.97. The zero-order valence-corrected chi connectivity index (χ0v) is 14.9. The normalized spacial score (nSPS) is 11.0. The molecule has 12 nitrogen and oxygen atoms in total. The van der Waals surface area contributed by atoms with Gasteiger partial charge in [-0.25, -0.2) is 10.9 Å². The number of hydrogen-bond donors (Lipinski definition) is 2. The van der Waals surface area contributed by atoms with E-state index in [0.29, 0.717) is 9.75 Å². The summed E-state index contributed by atoms with van der Waals surface area (Å²) in [6, 6.07) is 5.55. The number of amides is 2. The molecule has 14 heteroatoms. The van der Waals surface area contributed by atoms with Gasteiger partial charge in [0.15, 0.2) is 0 Å². The van der Waals surface area contributed by atoms with Crippen molar-refractivity contribution < 1.29 is 19.4 Å². The molecular formula is C13H10N6O6S2. The Kier molecular flexibility index (Phi) is 6.79. The number of nitrogens with one attached hydrogen (secondary N) is 2. The summed E-state index contributed by atoms with van der Waals surface area (Å²) in [5.74, 6) is -1.42. The molecule has 2 aromatic rings. The molecular weight excluding hydrogens is 400 g/mol. The molecule has 2 rings (SSSR count). The molecule has 0 aromatic carbocycles. The lowest BCUT2D eigenvalue weighted by atomic mass is 10.4. The Morgan fingerprint density at radius 1 is 0.889 bits per heavy atom. The van der Waals surface area contributed by atoms with Gasteiger partial charge in [0.1, 0.15) is 6.42 Å². The van der Waals surface area contributed by atoms with Crippen LogP contribution in [0.5, 0.6) is 0 Å². The smallest absolute Gasteiger partial charge is 0.273 e. The first-order valence-corrected chi connectivity index (χ1v) is 8.60. The molecule has 0 radical (unpaired) electrons. The molecule has 27 heavy (non-hydrogen) atoms. The summed E-state index contributed by atoms with van der Waals surface area (Å²) >= 11 is 1.76. The second kappa shape index (κ2) is 9.25. The molecule has 0 unspecified atom stereocenters. The number of nitrogens with zero attached hydrogens (tertiary/aromatic N) is 4. The van der Waals surface area contributed by atoms with Crippen molar-refractivity contribution in [1.82, 2.24) is 10.9 Å². The Labute approximate surface area is 158 Å². The summed E-state index contributed by atoms with van der Waals surface area (Å²) in [5, 5.41) is 28.2. The van der Waals surface area contributed by atoms with E-state index >= 15 is 0 Å². The lowest BCUT2D eigenvalue weighted by Gasteiger charge is -1.98. The Morgan fingerprint density at radius 3 is 1.63 bits per heavy atom. The molecule has 0 aliphatic heterocycles. The number of hydrazone groups is 2. The molecule has 0 fully saturated rings. The van der Waals surface area contributed by atoms with Crippen molar-refractivity contribution in [3.63, 3.8) is 0 Å². The molecule has 2 N–H and O–H groups in total. The number of nitro groups is 2. The molecule has 0 saturated heterocycles. The highest BCUT2D eigenvalue weighted by molar-refractivity contribution is 7.17. The van der Waals surface area contributed by atoms with Crippen LogP contribution in [-0.4, -0.2) is 34.1 Å². The zero-order chi connectivity index (χ0) is 19.8. The van der Waals surface area contributed by atoms with Gasteiger partial charge in [-0.15, -0.1) is 0 Å². The zero-order valence-electron chi connectivity index (χ0n) is 13.2. The lowest BCUT2D eigenvalue weighted by Crippen LogP contribution is -2.27. The minimum atomic E-state index is -0.711. The van der Waals surface area contributed by atoms with Crippen molar-refractivity contribution in [2.24, 2.45) is 10.2 Å². The van der Waals surface area contributed by atoms with Gasteiger partial charge in [-0.1, -0.05) is 22.7 Å². The SMILES string of the molecule is O=C(CC(=O)N/N=C/c1ccc([N+](=O)[O-])s1)N/N=C/c1ccc([N+](=O)[O-])s1. The van der Waals surface area contributed by atoms with Crippen LogP contribution in [0.3, 0.4) is 0 Å². The maximum absolute atomic E-state index is 11.6. The van der Waals surface area contributed by atoms with Crippen LogP contribution in [-0.2, 0) is 9.59 Å². The summed E-state index contributed by atoms with van der Waals surface area (Å²) < 4.78 is 0. The predicted octanol–water partition coefficient (Wildman–Crippen LogP) is 1.62. The van der Waals surface area contributed by atoms with Crippen molar-refractivity contribution in [2.45, 2.75) is 6.42 Å². The van der Waals surface area contributed by atoms with Crippen LogP contribution in [0.4, 0.5) is 10.0 Å². The van der Waals surface area contributed by atoms with E-state index in [1.807, 2.05) is 0 Å². The van der Waals surface area contributed by atoms with Crippen LogP contribution in [0.25, 0.3) is 0 Å². The number of carbonyl (C=O) groups is 2. The van der Waals surface area contributed by atoms with Gasteiger partial charge in [-0.2, -0.15) is 10.2 Å². The molecule has 0 atom stereocenters. The second-order valence-corrected chi connectivity index (χ2v) is 6.82. The van der Waals surface area contributed by atoms with Crippen LogP contribution in [0.1, 0.15) is 16.2 Å². The van der Waals surface area contributed by atoms with Gasteiger partial charge in [0.2, 0.25) is 11.8 Å². The summed E-state index contributed by atoms with van der Waals surface area (Å²) in [4.78, 5) is 44.0. The van der Waals surface area contributed by atoms with Gasteiger partial charge < -0.3 is 0 Å². The highest BCUT2D eigenvalue weighted by Crippen LogP contribution is 2.22. The highest BCUT2D eigenvalue weighted by Gasteiger charge is 2.10. The largest absolute Gasteiger partial charge is 0.324 e. The van der Waals surface area contributed by atoms with Gasteiger partial charge in [0, 0.05) is 12.1 Å². The van der Waals surface area contributed by atoms with E-state index in [1.165, 1.54) is 36.7 Å². The Bertz CT molecular complexity index is 859. The number of rotatable bonds is 8. The third-order valence-corrected chi connectivity index (χ3v) is 4.61. The summed E-state index contributed by atoms with van der Waals surface area (Å²) in [6.07, 6.45) is 1.88. The third kappa shape index (κ3) is 6.37. The predicted molar refractivity (Wildman–Crippen MR) is 98.0 cm³/mol. The van der Waals surface area contributed by atoms with Crippen molar-refractivity contribution in [3.05, 3.63) is 54.2 Å². The Balaban J connectivity index is 1.75.